The van der Waals surface area contributed by atoms with Crippen molar-refractivity contribution in [2.45, 2.75) is 26.7 Å². The molecule has 0 atom stereocenters. The van der Waals surface area contributed by atoms with Crippen molar-refractivity contribution < 1.29 is 19.0 Å². The molecule has 1 saturated heterocycles. The molecular weight excluding hydrogens is 370 g/mol. The van der Waals surface area contributed by atoms with E-state index >= 15 is 0 Å². The molecule has 1 aliphatic rings. The van der Waals surface area contributed by atoms with E-state index in [1.165, 1.54) is 0 Å². The predicted octanol–water partition coefficient (Wildman–Crippen LogP) is 3.75. The molecule has 7 nitrogen and oxygen atoms in total. The molecular formula is C22H29N3O4. The van der Waals surface area contributed by atoms with Gasteiger partial charge in [-0.3, -0.25) is 4.79 Å². The van der Waals surface area contributed by atoms with Crippen molar-refractivity contribution in [2.75, 3.05) is 49.7 Å². The smallest absolute Gasteiger partial charge is 0.255 e. The molecule has 0 saturated carbocycles. The summed E-state index contributed by atoms with van der Waals surface area (Å²) in [4.78, 5) is 19.3. The molecule has 0 spiro atoms. The summed E-state index contributed by atoms with van der Waals surface area (Å²) in [6.07, 6.45) is 3.46. The summed E-state index contributed by atoms with van der Waals surface area (Å²) >= 11 is 0. The largest absolute Gasteiger partial charge is 0.490 e. The monoisotopic (exact) mass is 399 g/mol. The lowest BCUT2D eigenvalue weighted by atomic mass is 10.2. The van der Waals surface area contributed by atoms with Crippen molar-refractivity contribution in [1.82, 2.24) is 4.98 Å². The van der Waals surface area contributed by atoms with Crippen LogP contribution in [0.25, 0.3) is 0 Å². The zero-order chi connectivity index (χ0) is 20.5. The number of carbonyl (C=O) groups is 1. The quantitative estimate of drug-likeness (QED) is 0.692. The molecule has 2 aromatic rings. The minimum absolute atomic E-state index is 0.214. The molecule has 0 unspecified atom stereocenters. The van der Waals surface area contributed by atoms with Crippen LogP contribution >= 0.6 is 0 Å². The maximum atomic E-state index is 12.7. The van der Waals surface area contributed by atoms with Gasteiger partial charge in [0.1, 0.15) is 5.82 Å². The van der Waals surface area contributed by atoms with Crippen molar-refractivity contribution in [3.8, 4) is 11.5 Å². The van der Waals surface area contributed by atoms with Crippen LogP contribution in [0.4, 0.5) is 11.5 Å². The minimum atomic E-state index is -0.214. The van der Waals surface area contributed by atoms with Crippen molar-refractivity contribution >= 4 is 17.4 Å². The molecule has 29 heavy (non-hydrogen) atoms. The second-order valence-electron chi connectivity index (χ2n) is 6.82. The Hall–Kier alpha value is -2.80. The number of hydrogen-bond donors (Lipinski definition) is 1. The van der Waals surface area contributed by atoms with E-state index in [1.807, 2.05) is 26.0 Å². The van der Waals surface area contributed by atoms with Crippen molar-refractivity contribution in [2.24, 2.45) is 0 Å². The first kappa shape index (κ1) is 20.9. The number of amides is 1. The molecule has 1 aliphatic heterocycles. The van der Waals surface area contributed by atoms with E-state index in [2.05, 4.69) is 15.2 Å². The normalized spacial score (nSPS) is 13.8. The Balaban J connectivity index is 1.67. The lowest BCUT2D eigenvalue weighted by molar-refractivity contribution is 0.102. The summed E-state index contributed by atoms with van der Waals surface area (Å²) in [6.45, 7) is 8.33. The molecule has 0 aliphatic carbocycles. The lowest BCUT2D eigenvalue weighted by Gasteiger charge is -2.27. The molecule has 1 fully saturated rings. The zero-order valence-corrected chi connectivity index (χ0v) is 17.1. The van der Waals surface area contributed by atoms with E-state index in [-0.39, 0.29) is 5.91 Å². The molecule has 1 aromatic carbocycles. The highest BCUT2D eigenvalue weighted by molar-refractivity contribution is 6.04. The van der Waals surface area contributed by atoms with E-state index < -0.39 is 0 Å². The Morgan fingerprint density at radius 2 is 1.79 bits per heavy atom. The van der Waals surface area contributed by atoms with Crippen molar-refractivity contribution in [3.63, 3.8) is 0 Å². The molecule has 1 aromatic heterocycles. The third-order valence-corrected chi connectivity index (χ3v) is 4.47. The fourth-order valence-electron chi connectivity index (χ4n) is 2.95. The topological polar surface area (TPSA) is 72.9 Å². The van der Waals surface area contributed by atoms with E-state index in [4.69, 9.17) is 14.2 Å². The number of ether oxygens (including phenoxy) is 3. The second-order valence-corrected chi connectivity index (χ2v) is 6.82. The van der Waals surface area contributed by atoms with E-state index in [0.717, 1.165) is 31.7 Å². The Kier molecular flexibility index (Phi) is 7.69. The van der Waals surface area contributed by atoms with Crippen LogP contribution in [0.3, 0.4) is 0 Å². The fraction of sp³-hybridized carbons (Fsp3) is 0.455. The first-order chi connectivity index (χ1) is 14.2. The van der Waals surface area contributed by atoms with Crippen LogP contribution in [0, 0.1) is 0 Å². The molecule has 1 amide bonds. The number of morpholine rings is 1. The number of pyridine rings is 1. The number of anilines is 2. The minimum Gasteiger partial charge on any atom is -0.490 e. The van der Waals surface area contributed by atoms with Gasteiger partial charge in [-0.05, 0) is 43.2 Å². The first-order valence-electron chi connectivity index (χ1n) is 10.2. The van der Waals surface area contributed by atoms with Crippen LogP contribution in [0.5, 0.6) is 11.5 Å². The second kappa shape index (κ2) is 10.7. The average Bonchev–Trinajstić information content (AvgIpc) is 2.77. The number of hydrogen-bond acceptors (Lipinski definition) is 6. The maximum absolute atomic E-state index is 12.7. The maximum Gasteiger partial charge on any atom is 0.255 e. The molecule has 1 N–H and O–H groups in total. The van der Waals surface area contributed by atoms with Crippen LogP contribution in [0.2, 0.25) is 0 Å². The summed E-state index contributed by atoms with van der Waals surface area (Å²) in [6, 6.07) is 9.04. The highest BCUT2D eigenvalue weighted by atomic mass is 16.5. The third kappa shape index (κ3) is 5.84. The Bertz CT molecular complexity index is 789. The summed E-state index contributed by atoms with van der Waals surface area (Å²) < 4.78 is 16.9. The molecule has 3 rings (SSSR count). The number of rotatable bonds is 9. The van der Waals surface area contributed by atoms with Gasteiger partial charge in [0.15, 0.2) is 11.5 Å². The fourth-order valence-corrected chi connectivity index (χ4v) is 2.95. The SMILES string of the molecule is CCCOc1ccc(C(=O)Nc2ccc(N3CCOCC3)nc2)cc1OCCC. The van der Waals surface area contributed by atoms with Crippen LogP contribution in [-0.2, 0) is 4.74 Å². The van der Waals surface area contributed by atoms with Crippen molar-refractivity contribution in [3.05, 3.63) is 42.1 Å². The van der Waals surface area contributed by atoms with Crippen LogP contribution < -0.4 is 19.7 Å². The number of nitrogens with one attached hydrogen (secondary N) is 1. The van der Waals surface area contributed by atoms with Crippen LogP contribution in [0.15, 0.2) is 36.5 Å². The summed E-state index contributed by atoms with van der Waals surface area (Å²) in [7, 11) is 0. The summed E-state index contributed by atoms with van der Waals surface area (Å²) in [5, 5.41) is 2.89. The lowest BCUT2D eigenvalue weighted by Crippen LogP contribution is -2.36. The summed E-state index contributed by atoms with van der Waals surface area (Å²) in [5.41, 5.74) is 1.16. The van der Waals surface area contributed by atoms with E-state index in [1.54, 1.807) is 24.4 Å². The standard InChI is InChI=1S/C22H29N3O4/c1-3-11-28-19-7-5-17(15-20(19)29-12-4-2)22(26)24-18-6-8-21(23-16-18)25-9-13-27-14-10-25/h5-8,15-16H,3-4,9-14H2,1-2H3,(H,24,26). The molecule has 156 valence electrons. The van der Waals surface area contributed by atoms with Gasteiger partial charge in [-0.2, -0.15) is 0 Å². The van der Waals surface area contributed by atoms with Gasteiger partial charge in [0, 0.05) is 18.7 Å². The van der Waals surface area contributed by atoms with Gasteiger partial charge in [-0.1, -0.05) is 13.8 Å². The molecule has 2 heterocycles. The van der Waals surface area contributed by atoms with E-state index in [9.17, 15) is 4.79 Å². The zero-order valence-electron chi connectivity index (χ0n) is 17.1. The Morgan fingerprint density at radius 1 is 1.07 bits per heavy atom. The van der Waals surface area contributed by atoms with Gasteiger partial charge in [-0.25, -0.2) is 4.98 Å². The van der Waals surface area contributed by atoms with Gasteiger partial charge < -0.3 is 24.4 Å². The third-order valence-electron chi connectivity index (χ3n) is 4.47. The number of benzene rings is 1. The number of aromatic nitrogens is 1. The average molecular weight is 399 g/mol. The predicted molar refractivity (Wildman–Crippen MR) is 113 cm³/mol. The van der Waals surface area contributed by atoms with Gasteiger partial charge in [0.2, 0.25) is 0 Å². The van der Waals surface area contributed by atoms with Gasteiger partial charge >= 0.3 is 0 Å². The van der Waals surface area contributed by atoms with Gasteiger partial charge in [-0.15, -0.1) is 0 Å². The highest BCUT2D eigenvalue weighted by Crippen LogP contribution is 2.29. The number of nitrogens with zero attached hydrogens (tertiary/aromatic N) is 2. The highest BCUT2D eigenvalue weighted by Gasteiger charge is 2.14. The molecule has 0 radical (unpaired) electrons. The molecule has 7 heteroatoms. The van der Waals surface area contributed by atoms with Crippen LogP contribution in [-0.4, -0.2) is 50.4 Å². The van der Waals surface area contributed by atoms with E-state index in [0.29, 0.717) is 49.2 Å². The molecule has 0 bridgehead atoms. The van der Waals surface area contributed by atoms with Gasteiger partial charge in [0.25, 0.3) is 5.91 Å². The number of carbonyl (C=O) groups excluding carboxylic acids is 1. The Labute approximate surface area is 172 Å². The van der Waals surface area contributed by atoms with Gasteiger partial charge in [0.05, 0.1) is 38.3 Å². The Morgan fingerprint density at radius 3 is 2.45 bits per heavy atom. The summed E-state index contributed by atoms with van der Waals surface area (Å²) in [5.74, 6) is 1.93. The van der Waals surface area contributed by atoms with Crippen LogP contribution in [0.1, 0.15) is 37.0 Å². The van der Waals surface area contributed by atoms with Crippen molar-refractivity contribution in [1.29, 1.82) is 0 Å². The first-order valence-corrected chi connectivity index (χ1v) is 10.2.